The van der Waals surface area contributed by atoms with Crippen LogP contribution in [0.3, 0.4) is 0 Å². The molecule has 2 rings (SSSR count). The molecule has 2 nitrogen and oxygen atoms in total. The second-order valence-corrected chi connectivity index (χ2v) is 4.30. The van der Waals surface area contributed by atoms with E-state index in [1.165, 1.54) is 13.2 Å². The number of hydrogen-bond donors (Lipinski definition) is 1. The molecule has 0 aromatic heterocycles. The average molecular weight is 246 g/mol. The van der Waals surface area contributed by atoms with E-state index >= 15 is 0 Å². The van der Waals surface area contributed by atoms with Crippen LogP contribution in [0, 0.1) is 19.7 Å². The van der Waals surface area contributed by atoms with E-state index in [0.717, 1.165) is 11.1 Å². The van der Waals surface area contributed by atoms with Crippen LogP contribution in [-0.2, 0) is 0 Å². The summed E-state index contributed by atoms with van der Waals surface area (Å²) >= 11 is 0. The van der Waals surface area contributed by atoms with Crippen molar-refractivity contribution >= 4 is 0 Å². The van der Waals surface area contributed by atoms with Gasteiger partial charge in [0.15, 0.2) is 11.5 Å². The molecule has 0 atom stereocenters. The van der Waals surface area contributed by atoms with Gasteiger partial charge in [0.2, 0.25) is 0 Å². The van der Waals surface area contributed by atoms with Crippen LogP contribution in [0.4, 0.5) is 4.39 Å². The number of ether oxygens (including phenoxy) is 1. The van der Waals surface area contributed by atoms with Gasteiger partial charge in [-0.05, 0) is 37.1 Å². The van der Waals surface area contributed by atoms with E-state index in [1.54, 1.807) is 18.2 Å². The maximum Gasteiger partial charge on any atom is 0.165 e. The average Bonchev–Trinajstić information content (AvgIpc) is 2.30. The van der Waals surface area contributed by atoms with Gasteiger partial charge < -0.3 is 9.84 Å². The second-order valence-electron chi connectivity index (χ2n) is 4.30. The SMILES string of the molecule is COc1cccc(-c2c(C)cc(C)cc2F)c1O. The number of para-hydroxylation sites is 1. The molecule has 3 heteroatoms. The van der Waals surface area contributed by atoms with Gasteiger partial charge >= 0.3 is 0 Å². The zero-order valence-electron chi connectivity index (χ0n) is 10.6. The van der Waals surface area contributed by atoms with Crippen LogP contribution in [0.25, 0.3) is 11.1 Å². The molecule has 1 N–H and O–H groups in total. The third-order valence-electron chi connectivity index (χ3n) is 2.92. The predicted octanol–water partition coefficient (Wildman–Crippen LogP) is 3.82. The highest BCUT2D eigenvalue weighted by molar-refractivity contribution is 5.76. The molecule has 0 saturated heterocycles. The Morgan fingerprint density at radius 1 is 1.17 bits per heavy atom. The van der Waals surface area contributed by atoms with Gasteiger partial charge in [0, 0.05) is 11.1 Å². The molecule has 0 radical (unpaired) electrons. The van der Waals surface area contributed by atoms with Gasteiger partial charge in [0.1, 0.15) is 5.82 Å². The lowest BCUT2D eigenvalue weighted by molar-refractivity contribution is 0.374. The molecule has 0 spiro atoms. The highest BCUT2D eigenvalue weighted by atomic mass is 19.1. The Labute approximate surface area is 106 Å². The Morgan fingerprint density at radius 3 is 2.50 bits per heavy atom. The second kappa shape index (κ2) is 4.69. The molecular formula is C15H15FO2. The zero-order valence-corrected chi connectivity index (χ0v) is 10.6. The molecule has 0 unspecified atom stereocenters. The van der Waals surface area contributed by atoms with E-state index in [-0.39, 0.29) is 11.6 Å². The third-order valence-corrected chi connectivity index (χ3v) is 2.92. The summed E-state index contributed by atoms with van der Waals surface area (Å²) in [5, 5.41) is 10.1. The van der Waals surface area contributed by atoms with Crippen LogP contribution >= 0.6 is 0 Å². The Balaban J connectivity index is 2.70. The number of aromatic hydroxyl groups is 1. The van der Waals surface area contributed by atoms with Crippen molar-refractivity contribution in [3.63, 3.8) is 0 Å². The summed E-state index contributed by atoms with van der Waals surface area (Å²) in [4.78, 5) is 0. The number of rotatable bonds is 2. The molecule has 0 aliphatic rings. The smallest absolute Gasteiger partial charge is 0.165 e. The van der Waals surface area contributed by atoms with Crippen molar-refractivity contribution in [1.29, 1.82) is 0 Å². The van der Waals surface area contributed by atoms with Crippen LogP contribution in [0.2, 0.25) is 0 Å². The quantitative estimate of drug-likeness (QED) is 0.872. The number of aryl methyl sites for hydroxylation is 2. The molecule has 0 saturated carbocycles. The van der Waals surface area contributed by atoms with Gasteiger partial charge in [0.25, 0.3) is 0 Å². The molecular weight excluding hydrogens is 231 g/mol. The van der Waals surface area contributed by atoms with E-state index < -0.39 is 0 Å². The van der Waals surface area contributed by atoms with Gasteiger partial charge in [-0.3, -0.25) is 0 Å². The summed E-state index contributed by atoms with van der Waals surface area (Å²) in [7, 11) is 1.47. The number of phenols is 1. The van der Waals surface area contributed by atoms with Gasteiger partial charge in [-0.25, -0.2) is 4.39 Å². The Morgan fingerprint density at radius 2 is 1.89 bits per heavy atom. The summed E-state index contributed by atoms with van der Waals surface area (Å²) < 4.78 is 19.1. The minimum atomic E-state index is -0.337. The lowest BCUT2D eigenvalue weighted by atomic mass is 9.97. The first-order valence-corrected chi connectivity index (χ1v) is 5.67. The molecule has 0 bridgehead atoms. The number of benzene rings is 2. The summed E-state index contributed by atoms with van der Waals surface area (Å²) in [6, 6.07) is 8.39. The van der Waals surface area contributed by atoms with Crippen LogP contribution in [-0.4, -0.2) is 12.2 Å². The van der Waals surface area contributed by atoms with Crippen LogP contribution in [0.1, 0.15) is 11.1 Å². The molecule has 18 heavy (non-hydrogen) atoms. The van der Waals surface area contributed by atoms with E-state index in [2.05, 4.69) is 0 Å². The van der Waals surface area contributed by atoms with Gasteiger partial charge in [-0.2, -0.15) is 0 Å². The molecule has 0 heterocycles. The molecule has 0 aliphatic heterocycles. The molecule has 0 aliphatic carbocycles. The lowest BCUT2D eigenvalue weighted by Crippen LogP contribution is -1.93. The highest BCUT2D eigenvalue weighted by Gasteiger charge is 2.15. The topological polar surface area (TPSA) is 29.5 Å². The first kappa shape index (κ1) is 12.4. The summed E-state index contributed by atoms with van der Waals surface area (Å²) in [5.74, 6) is -0.0335. The largest absolute Gasteiger partial charge is 0.504 e. The summed E-state index contributed by atoms with van der Waals surface area (Å²) in [6.07, 6.45) is 0. The van der Waals surface area contributed by atoms with Crippen molar-refractivity contribution in [2.24, 2.45) is 0 Å². The minimum absolute atomic E-state index is 0.0362. The van der Waals surface area contributed by atoms with Crippen molar-refractivity contribution in [1.82, 2.24) is 0 Å². The third kappa shape index (κ3) is 2.04. The molecule has 2 aromatic carbocycles. The fourth-order valence-electron chi connectivity index (χ4n) is 2.15. The van der Waals surface area contributed by atoms with E-state index in [1.807, 2.05) is 19.9 Å². The minimum Gasteiger partial charge on any atom is -0.504 e. The number of phenolic OH excluding ortho intramolecular Hbond substituents is 1. The van der Waals surface area contributed by atoms with Gasteiger partial charge in [-0.1, -0.05) is 18.2 Å². The van der Waals surface area contributed by atoms with Crippen LogP contribution in [0.5, 0.6) is 11.5 Å². The molecule has 0 amide bonds. The lowest BCUT2D eigenvalue weighted by Gasteiger charge is -2.12. The van der Waals surface area contributed by atoms with Crippen LogP contribution < -0.4 is 4.74 Å². The molecule has 94 valence electrons. The number of methoxy groups -OCH3 is 1. The standard InChI is InChI=1S/C15H15FO2/c1-9-7-10(2)14(12(16)8-9)11-5-4-6-13(18-3)15(11)17/h4-8,17H,1-3H3. The van der Waals surface area contributed by atoms with Gasteiger partial charge in [0.05, 0.1) is 7.11 Å². The summed E-state index contributed by atoms with van der Waals surface area (Å²) in [6.45, 7) is 3.66. The van der Waals surface area contributed by atoms with Crippen molar-refractivity contribution in [2.75, 3.05) is 7.11 Å². The summed E-state index contributed by atoms with van der Waals surface area (Å²) in [5.41, 5.74) is 2.51. The Hall–Kier alpha value is -2.03. The molecule has 0 fully saturated rings. The Kier molecular flexibility index (Phi) is 3.24. The first-order chi connectivity index (χ1) is 8.54. The number of hydrogen-bond acceptors (Lipinski definition) is 2. The Bertz CT molecular complexity index is 568. The van der Waals surface area contributed by atoms with Crippen molar-refractivity contribution in [3.05, 3.63) is 47.3 Å². The number of halogens is 1. The van der Waals surface area contributed by atoms with E-state index in [4.69, 9.17) is 4.74 Å². The highest BCUT2D eigenvalue weighted by Crippen LogP contribution is 2.39. The maximum absolute atomic E-state index is 14.1. The first-order valence-electron chi connectivity index (χ1n) is 5.67. The van der Waals surface area contributed by atoms with Crippen LogP contribution in [0.15, 0.2) is 30.3 Å². The maximum atomic E-state index is 14.1. The monoisotopic (exact) mass is 246 g/mol. The fraction of sp³-hybridized carbons (Fsp3) is 0.200. The normalized spacial score (nSPS) is 10.4. The van der Waals surface area contributed by atoms with E-state index in [9.17, 15) is 9.50 Å². The van der Waals surface area contributed by atoms with E-state index in [0.29, 0.717) is 16.9 Å². The van der Waals surface area contributed by atoms with Gasteiger partial charge in [-0.15, -0.1) is 0 Å². The zero-order chi connectivity index (χ0) is 13.3. The van der Waals surface area contributed by atoms with Crippen molar-refractivity contribution in [3.8, 4) is 22.6 Å². The van der Waals surface area contributed by atoms with Crippen molar-refractivity contribution < 1.29 is 14.2 Å². The fourth-order valence-corrected chi connectivity index (χ4v) is 2.15. The predicted molar refractivity (Wildman–Crippen MR) is 69.5 cm³/mol. The van der Waals surface area contributed by atoms with Crippen molar-refractivity contribution in [2.45, 2.75) is 13.8 Å². The molecule has 2 aromatic rings.